The third-order valence-electron chi connectivity index (χ3n) is 3.17. The van der Waals surface area contributed by atoms with Crippen LogP contribution in [0.3, 0.4) is 0 Å². The van der Waals surface area contributed by atoms with Gasteiger partial charge in [-0.2, -0.15) is 20.5 Å². The van der Waals surface area contributed by atoms with Crippen molar-refractivity contribution in [1.82, 2.24) is 0 Å². The molecule has 0 saturated heterocycles. The Hall–Kier alpha value is -3.14. The maximum absolute atomic E-state index is 4.23. The van der Waals surface area contributed by atoms with Crippen molar-refractivity contribution in [2.24, 2.45) is 20.5 Å². The van der Waals surface area contributed by atoms with Crippen LogP contribution in [0.15, 0.2) is 99.3 Å². The van der Waals surface area contributed by atoms with Crippen LogP contribution in [-0.2, 0) is 0 Å². The zero-order valence-electron chi connectivity index (χ0n) is 12.8. The van der Waals surface area contributed by atoms with Gasteiger partial charge >= 0.3 is 0 Å². The highest BCUT2D eigenvalue weighted by Gasteiger charge is 1.94. The van der Waals surface area contributed by atoms with Gasteiger partial charge in [0.25, 0.3) is 0 Å². The standard InChI is InChI=1S/C19H16N4/c1-15-6-5-9-19(14-15)23-22-18-12-10-17(11-13-18)21-20-16-7-3-2-4-8-16/h2-14H,1H3. The summed E-state index contributed by atoms with van der Waals surface area (Å²) in [4.78, 5) is 0. The zero-order valence-corrected chi connectivity index (χ0v) is 12.8. The van der Waals surface area contributed by atoms with Crippen molar-refractivity contribution in [2.75, 3.05) is 0 Å². The zero-order chi connectivity index (χ0) is 15.9. The van der Waals surface area contributed by atoms with Crippen LogP contribution in [0.1, 0.15) is 5.56 Å². The summed E-state index contributed by atoms with van der Waals surface area (Å²) in [7, 11) is 0. The Morgan fingerprint density at radius 1 is 0.478 bits per heavy atom. The quantitative estimate of drug-likeness (QED) is 0.474. The normalized spacial score (nSPS) is 11.3. The molecule has 0 spiro atoms. The lowest BCUT2D eigenvalue weighted by molar-refractivity contribution is 1.21. The highest BCUT2D eigenvalue weighted by molar-refractivity contribution is 5.48. The monoisotopic (exact) mass is 300 g/mol. The summed E-state index contributed by atoms with van der Waals surface area (Å²) in [6.07, 6.45) is 0. The van der Waals surface area contributed by atoms with Crippen LogP contribution in [0.25, 0.3) is 0 Å². The van der Waals surface area contributed by atoms with Crippen molar-refractivity contribution in [3.8, 4) is 0 Å². The summed E-state index contributed by atoms with van der Waals surface area (Å²) in [5.74, 6) is 0. The van der Waals surface area contributed by atoms with E-state index in [0.29, 0.717) is 0 Å². The molecule has 3 aromatic carbocycles. The molecule has 0 aliphatic carbocycles. The first kappa shape index (κ1) is 14.8. The second kappa shape index (κ2) is 7.22. The summed E-state index contributed by atoms with van der Waals surface area (Å²) in [6.45, 7) is 2.03. The molecular formula is C19H16N4. The topological polar surface area (TPSA) is 49.4 Å². The molecule has 0 aliphatic rings. The first-order valence-electron chi connectivity index (χ1n) is 7.35. The van der Waals surface area contributed by atoms with Gasteiger partial charge in [0.15, 0.2) is 0 Å². The Morgan fingerprint density at radius 3 is 1.52 bits per heavy atom. The Morgan fingerprint density at radius 2 is 0.957 bits per heavy atom. The van der Waals surface area contributed by atoms with Crippen LogP contribution < -0.4 is 0 Å². The molecule has 0 N–H and O–H groups in total. The van der Waals surface area contributed by atoms with Crippen LogP contribution in [0.4, 0.5) is 22.7 Å². The molecule has 0 bridgehead atoms. The molecular weight excluding hydrogens is 284 g/mol. The van der Waals surface area contributed by atoms with E-state index in [1.54, 1.807) is 0 Å². The van der Waals surface area contributed by atoms with Crippen molar-refractivity contribution >= 4 is 22.7 Å². The van der Waals surface area contributed by atoms with Crippen molar-refractivity contribution in [2.45, 2.75) is 6.92 Å². The number of rotatable bonds is 4. The van der Waals surface area contributed by atoms with Gasteiger partial charge in [0.1, 0.15) is 0 Å². The van der Waals surface area contributed by atoms with E-state index in [1.807, 2.05) is 85.8 Å². The molecule has 0 radical (unpaired) electrons. The molecule has 0 aliphatic heterocycles. The second-order valence-electron chi connectivity index (χ2n) is 5.09. The number of nitrogens with zero attached hydrogens (tertiary/aromatic N) is 4. The summed E-state index contributed by atoms with van der Waals surface area (Å²) < 4.78 is 0. The van der Waals surface area contributed by atoms with Gasteiger partial charge in [-0.05, 0) is 61.0 Å². The van der Waals surface area contributed by atoms with Gasteiger partial charge in [-0.15, -0.1) is 0 Å². The van der Waals surface area contributed by atoms with Crippen molar-refractivity contribution in [1.29, 1.82) is 0 Å². The minimum Gasteiger partial charge on any atom is -0.151 e. The van der Waals surface area contributed by atoms with E-state index >= 15 is 0 Å². The Balaban J connectivity index is 1.68. The molecule has 0 saturated carbocycles. The number of benzene rings is 3. The van der Waals surface area contributed by atoms with Gasteiger partial charge in [0.05, 0.1) is 22.7 Å². The van der Waals surface area contributed by atoms with E-state index in [9.17, 15) is 0 Å². The Bertz CT molecular complexity index is 822. The first-order chi connectivity index (χ1) is 11.3. The highest BCUT2D eigenvalue weighted by Crippen LogP contribution is 2.23. The molecule has 4 heteroatoms. The maximum atomic E-state index is 4.23. The molecule has 0 atom stereocenters. The lowest BCUT2D eigenvalue weighted by atomic mass is 10.2. The summed E-state index contributed by atoms with van der Waals surface area (Å²) in [5, 5.41) is 16.8. The Kier molecular flexibility index (Phi) is 4.64. The molecule has 23 heavy (non-hydrogen) atoms. The third-order valence-corrected chi connectivity index (χ3v) is 3.17. The maximum Gasteiger partial charge on any atom is 0.0859 e. The summed E-state index contributed by atoms with van der Waals surface area (Å²) >= 11 is 0. The van der Waals surface area contributed by atoms with Gasteiger partial charge in [0, 0.05) is 0 Å². The van der Waals surface area contributed by atoms with Gasteiger partial charge in [-0.3, -0.25) is 0 Å². The molecule has 0 fully saturated rings. The van der Waals surface area contributed by atoms with E-state index in [4.69, 9.17) is 0 Å². The predicted octanol–water partition coefficient (Wildman–Crippen LogP) is 6.83. The number of azo groups is 2. The molecule has 0 heterocycles. The van der Waals surface area contributed by atoms with E-state index in [0.717, 1.165) is 28.3 Å². The fourth-order valence-electron chi connectivity index (χ4n) is 2.00. The van der Waals surface area contributed by atoms with E-state index in [-0.39, 0.29) is 0 Å². The lowest BCUT2D eigenvalue weighted by Gasteiger charge is -1.96. The van der Waals surface area contributed by atoms with Crippen LogP contribution in [0, 0.1) is 6.92 Å². The molecule has 3 aromatic rings. The molecule has 3 rings (SSSR count). The first-order valence-corrected chi connectivity index (χ1v) is 7.35. The van der Waals surface area contributed by atoms with Crippen molar-refractivity contribution in [3.05, 3.63) is 84.4 Å². The molecule has 0 aromatic heterocycles. The molecule has 0 amide bonds. The van der Waals surface area contributed by atoms with Crippen LogP contribution in [-0.4, -0.2) is 0 Å². The van der Waals surface area contributed by atoms with Gasteiger partial charge in [0.2, 0.25) is 0 Å². The SMILES string of the molecule is Cc1cccc(N=Nc2ccc(N=Nc3ccccc3)cc2)c1. The van der Waals surface area contributed by atoms with E-state index in [2.05, 4.69) is 20.5 Å². The second-order valence-corrected chi connectivity index (χ2v) is 5.09. The average molecular weight is 300 g/mol. The molecule has 4 nitrogen and oxygen atoms in total. The minimum atomic E-state index is 0.781. The van der Waals surface area contributed by atoms with Gasteiger partial charge < -0.3 is 0 Å². The van der Waals surface area contributed by atoms with Crippen LogP contribution in [0.2, 0.25) is 0 Å². The summed E-state index contributed by atoms with van der Waals surface area (Å²) in [6, 6.07) is 25.1. The lowest BCUT2D eigenvalue weighted by Crippen LogP contribution is -1.69. The largest absolute Gasteiger partial charge is 0.151 e. The molecule has 112 valence electrons. The third kappa shape index (κ3) is 4.41. The van der Waals surface area contributed by atoms with Crippen LogP contribution in [0.5, 0.6) is 0 Å². The fraction of sp³-hybridized carbons (Fsp3) is 0.0526. The number of hydrogen-bond acceptors (Lipinski definition) is 4. The predicted molar refractivity (Wildman–Crippen MR) is 92.4 cm³/mol. The highest BCUT2D eigenvalue weighted by atomic mass is 15.1. The Labute approximate surface area is 135 Å². The van der Waals surface area contributed by atoms with Gasteiger partial charge in [-0.25, -0.2) is 0 Å². The van der Waals surface area contributed by atoms with E-state index in [1.165, 1.54) is 0 Å². The smallest absolute Gasteiger partial charge is 0.0859 e. The average Bonchev–Trinajstić information content (AvgIpc) is 2.60. The van der Waals surface area contributed by atoms with Gasteiger partial charge in [-0.1, -0.05) is 30.3 Å². The molecule has 0 unspecified atom stereocenters. The van der Waals surface area contributed by atoms with Crippen molar-refractivity contribution in [3.63, 3.8) is 0 Å². The summed E-state index contributed by atoms with van der Waals surface area (Å²) in [5.41, 5.74) is 4.40. The number of hydrogen-bond donors (Lipinski definition) is 0. The number of aryl methyl sites for hydroxylation is 1. The van der Waals surface area contributed by atoms with Crippen LogP contribution >= 0.6 is 0 Å². The van der Waals surface area contributed by atoms with E-state index < -0.39 is 0 Å². The minimum absolute atomic E-state index is 0.781. The van der Waals surface area contributed by atoms with Crippen molar-refractivity contribution < 1.29 is 0 Å². The fourth-order valence-corrected chi connectivity index (χ4v) is 2.00.